The van der Waals surface area contributed by atoms with E-state index in [0.717, 1.165) is 18.7 Å². The average Bonchev–Trinajstić information content (AvgIpc) is 3.05. The fourth-order valence-electron chi connectivity index (χ4n) is 3.33. The SMILES string of the molecule is C[C@@H]1CN[C@@H](C)CN1C(c1ccc(Cl)cc1)[C@H]1CC1(F)F.Cl. The zero-order chi connectivity index (χ0) is 15.2. The minimum atomic E-state index is -2.53. The van der Waals surface area contributed by atoms with Crippen molar-refractivity contribution >= 4 is 24.0 Å². The Hall–Kier alpha value is -0.420. The van der Waals surface area contributed by atoms with E-state index in [0.29, 0.717) is 11.1 Å². The molecule has 0 bridgehead atoms. The first-order chi connectivity index (χ1) is 9.88. The molecule has 1 heterocycles. The molecule has 0 amide bonds. The summed E-state index contributed by atoms with van der Waals surface area (Å²) in [6.45, 7) is 5.83. The van der Waals surface area contributed by atoms with Crippen LogP contribution in [0.4, 0.5) is 8.78 Å². The normalized spacial score (nSPS) is 32.1. The summed E-state index contributed by atoms with van der Waals surface area (Å²) in [7, 11) is 0. The van der Waals surface area contributed by atoms with Crippen molar-refractivity contribution in [2.24, 2.45) is 5.92 Å². The molecule has 0 spiro atoms. The van der Waals surface area contributed by atoms with E-state index in [1.807, 2.05) is 12.1 Å². The highest BCUT2D eigenvalue weighted by Gasteiger charge is 2.62. The quantitative estimate of drug-likeness (QED) is 0.881. The number of halogens is 4. The van der Waals surface area contributed by atoms with Crippen LogP contribution in [0.15, 0.2) is 24.3 Å². The summed E-state index contributed by atoms with van der Waals surface area (Å²) < 4.78 is 27.4. The molecule has 1 saturated carbocycles. The van der Waals surface area contributed by atoms with Crippen LogP contribution in [-0.2, 0) is 0 Å². The van der Waals surface area contributed by atoms with Crippen LogP contribution in [0, 0.1) is 5.92 Å². The Kier molecular flexibility index (Phi) is 5.38. The number of nitrogens with zero attached hydrogens (tertiary/aromatic N) is 1. The minimum absolute atomic E-state index is 0. The van der Waals surface area contributed by atoms with Gasteiger partial charge in [-0.15, -0.1) is 12.4 Å². The molecule has 22 heavy (non-hydrogen) atoms. The lowest BCUT2D eigenvalue weighted by Gasteiger charge is -2.43. The van der Waals surface area contributed by atoms with E-state index in [4.69, 9.17) is 11.6 Å². The fraction of sp³-hybridized carbons (Fsp3) is 0.625. The summed E-state index contributed by atoms with van der Waals surface area (Å²) in [6.07, 6.45) is -0.00861. The van der Waals surface area contributed by atoms with Gasteiger partial charge in [-0.25, -0.2) is 8.78 Å². The smallest absolute Gasteiger partial charge is 0.253 e. The summed E-state index contributed by atoms with van der Waals surface area (Å²) >= 11 is 5.93. The van der Waals surface area contributed by atoms with E-state index in [9.17, 15) is 8.78 Å². The van der Waals surface area contributed by atoms with E-state index in [-0.39, 0.29) is 30.9 Å². The molecule has 1 aromatic rings. The maximum atomic E-state index is 13.7. The number of rotatable bonds is 3. The highest BCUT2D eigenvalue weighted by atomic mass is 35.5. The molecular formula is C16H22Cl2F2N2. The zero-order valence-electron chi connectivity index (χ0n) is 12.7. The first-order valence-electron chi connectivity index (χ1n) is 7.51. The number of piperazine rings is 1. The van der Waals surface area contributed by atoms with Crippen LogP contribution in [0.3, 0.4) is 0 Å². The standard InChI is InChI=1S/C16H21ClF2N2.ClH/c1-10-9-21(11(2)8-20-10)15(14-7-16(14,18)19)12-3-5-13(17)6-4-12;/h3-6,10-11,14-15,20H,7-9H2,1-2H3;1H/t10-,11+,14+,15?;/m0./s1. The Morgan fingerprint density at radius 1 is 1.27 bits per heavy atom. The van der Waals surface area contributed by atoms with Crippen LogP contribution < -0.4 is 5.32 Å². The molecule has 1 N–H and O–H groups in total. The van der Waals surface area contributed by atoms with Crippen LogP contribution >= 0.6 is 24.0 Å². The van der Waals surface area contributed by atoms with E-state index in [1.165, 1.54) is 0 Å². The highest BCUT2D eigenvalue weighted by Crippen LogP contribution is 2.57. The van der Waals surface area contributed by atoms with Gasteiger partial charge < -0.3 is 5.32 Å². The third-order valence-electron chi connectivity index (χ3n) is 4.64. The Morgan fingerprint density at radius 3 is 2.41 bits per heavy atom. The van der Waals surface area contributed by atoms with Gasteiger partial charge in [0.05, 0.1) is 0 Å². The van der Waals surface area contributed by atoms with Crippen LogP contribution in [0.25, 0.3) is 0 Å². The average molecular weight is 351 g/mol. The van der Waals surface area contributed by atoms with E-state index in [1.54, 1.807) is 12.1 Å². The van der Waals surface area contributed by atoms with Crippen molar-refractivity contribution in [3.63, 3.8) is 0 Å². The molecule has 2 nitrogen and oxygen atoms in total. The monoisotopic (exact) mass is 350 g/mol. The van der Waals surface area contributed by atoms with Crippen LogP contribution in [-0.4, -0.2) is 36.0 Å². The fourth-order valence-corrected chi connectivity index (χ4v) is 3.46. The Morgan fingerprint density at radius 2 is 1.86 bits per heavy atom. The molecule has 1 aliphatic carbocycles. The zero-order valence-corrected chi connectivity index (χ0v) is 14.3. The van der Waals surface area contributed by atoms with Crippen molar-refractivity contribution in [3.8, 4) is 0 Å². The maximum absolute atomic E-state index is 13.7. The van der Waals surface area contributed by atoms with Gasteiger partial charge in [0.1, 0.15) is 0 Å². The molecule has 2 aliphatic rings. The molecule has 6 heteroatoms. The van der Waals surface area contributed by atoms with Crippen LogP contribution in [0.1, 0.15) is 31.9 Å². The summed E-state index contributed by atoms with van der Waals surface area (Å²) in [5.41, 5.74) is 0.947. The van der Waals surface area contributed by atoms with Gasteiger partial charge in [-0.1, -0.05) is 23.7 Å². The number of hydrogen-bond donors (Lipinski definition) is 1. The lowest BCUT2D eigenvalue weighted by Crippen LogP contribution is -2.55. The summed E-state index contributed by atoms with van der Waals surface area (Å²) in [5, 5.41) is 4.05. The van der Waals surface area contributed by atoms with Crippen molar-refractivity contribution in [2.45, 2.75) is 44.3 Å². The maximum Gasteiger partial charge on any atom is 0.253 e. The van der Waals surface area contributed by atoms with Crippen molar-refractivity contribution in [2.75, 3.05) is 13.1 Å². The third-order valence-corrected chi connectivity index (χ3v) is 4.89. The van der Waals surface area contributed by atoms with Gasteiger partial charge in [0.2, 0.25) is 0 Å². The first kappa shape index (κ1) is 17.9. The van der Waals surface area contributed by atoms with Gasteiger partial charge in [0, 0.05) is 48.6 Å². The van der Waals surface area contributed by atoms with Gasteiger partial charge in [0.15, 0.2) is 0 Å². The molecule has 3 rings (SSSR count). The van der Waals surface area contributed by atoms with E-state index in [2.05, 4.69) is 24.1 Å². The van der Waals surface area contributed by atoms with E-state index >= 15 is 0 Å². The Labute approximate surface area is 141 Å². The predicted octanol–water partition coefficient (Wildman–Crippen LogP) is 4.14. The van der Waals surface area contributed by atoms with Crippen molar-refractivity contribution < 1.29 is 8.78 Å². The molecule has 4 atom stereocenters. The van der Waals surface area contributed by atoms with Crippen molar-refractivity contribution in [3.05, 3.63) is 34.9 Å². The summed E-state index contributed by atoms with van der Waals surface area (Å²) in [4.78, 5) is 2.23. The molecule has 124 valence electrons. The second-order valence-electron chi connectivity index (χ2n) is 6.42. The molecule has 1 aromatic carbocycles. The number of alkyl halides is 2. The van der Waals surface area contributed by atoms with Gasteiger partial charge in [-0.3, -0.25) is 4.90 Å². The highest BCUT2D eigenvalue weighted by molar-refractivity contribution is 6.30. The molecule has 1 aliphatic heterocycles. The Balaban J connectivity index is 0.00000176. The van der Waals surface area contributed by atoms with Crippen molar-refractivity contribution in [1.82, 2.24) is 10.2 Å². The van der Waals surface area contributed by atoms with Crippen LogP contribution in [0.2, 0.25) is 5.02 Å². The van der Waals surface area contributed by atoms with Crippen molar-refractivity contribution in [1.29, 1.82) is 0 Å². The molecular weight excluding hydrogens is 329 g/mol. The number of benzene rings is 1. The summed E-state index contributed by atoms with van der Waals surface area (Å²) in [5.74, 6) is -3.11. The number of hydrogen-bond acceptors (Lipinski definition) is 2. The number of nitrogens with one attached hydrogen (secondary N) is 1. The second kappa shape index (κ2) is 6.60. The second-order valence-corrected chi connectivity index (χ2v) is 6.86. The predicted molar refractivity (Wildman–Crippen MR) is 88.1 cm³/mol. The van der Waals surface area contributed by atoms with Gasteiger partial charge in [-0.2, -0.15) is 0 Å². The minimum Gasteiger partial charge on any atom is -0.311 e. The molecule has 0 aromatic heterocycles. The third kappa shape index (κ3) is 3.56. The lowest BCUT2D eigenvalue weighted by atomic mass is 9.96. The summed E-state index contributed by atoms with van der Waals surface area (Å²) in [6, 6.07) is 7.71. The topological polar surface area (TPSA) is 15.3 Å². The largest absolute Gasteiger partial charge is 0.311 e. The Bertz CT molecular complexity index is 509. The lowest BCUT2D eigenvalue weighted by molar-refractivity contribution is 0.0335. The van der Waals surface area contributed by atoms with Gasteiger partial charge >= 0.3 is 0 Å². The molecule has 1 saturated heterocycles. The van der Waals surface area contributed by atoms with Gasteiger partial charge in [-0.05, 0) is 31.5 Å². The molecule has 2 fully saturated rings. The first-order valence-corrected chi connectivity index (χ1v) is 7.88. The van der Waals surface area contributed by atoms with E-state index < -0.39 is 11.8 Å². The van der Waals surface area contributed by atoms with Gasteiger partial charge in [0.25, 0.3) is 5.92 Å². The van der Waals surface area contributed by atoms with Crippen LogP contribution in [0.5, 0.6) is 0 Å². The molecule has 1 unspecified atom stereocenters. The molecule has 0 radical (unpaired) electrons.